The van der Waals surface area contributed by atoms with Crippen LogP contribution in [-0.4, -0.2) is 41.5 Å². The van der Waals surface area contributed by atoms with Crippen molar-refractivity contribution in [1.29, 1.82) is 5.26 Å². The van der Waals surface area contributed by atoms with Crippen molar-refractivity contribution in [2.45, 2.75) is 24.5 Å². The van der Waals surface area contributed by atoms with Crippen molar-refractivity contribution < 1.29 is 9.53 Å². The topological polar surface area (TPSA) is 97.0 Å². The number of rotatable bonds is 9. The highest BCUT2D eigenvalue weighted by atomic mass is 32.2. The number of nitrogens with zero attached hydrogens (tertiary/aromatic N) is 3. The van der Waals surface area contributed by atoms with Gasteiger partial charge in [-0.15, -0.1) is 0 Å². The molecule has 0 fully saturated rings. The third-order valence-corrected chi connectivity index (χ3v) is 4.42. The van der Waals surface area contributed by atoms with Crippen LogP contribution in [0.5, 0.6) is 0 Å². The molecule has 7 nitrogen and oxygen atoms in total. The van der Waals surface area contributed by atoms with Gasteiger partial charge in [0.05, 0.1) is 29.1 Å². The summed E-state index contributed by atoms with van der Waals surface area (Å²) >= 11 is 1.22. The maximum Gasteiger partial charge on any atom is 0.262 e. The van der Waals surface area contributed by atoms with Crippen LogP contribution in [0, 0.1) is 11.3 Å². The van der Waals surface area contributed by atoms with Gasteiger partial charge in [-0.1, -0.05) is 23.9 Å². The molecule has 0 bridgehead atoms. The van der Waals surface area contributed by atoms with Gasteiger partial charge in [-0.3, -0.25) is 14.2 Å². The van der Waals surface area contributed by atoms with Gasteiger partial charge < -0.3 is 10.1 Å². The van der Waals surface area contributed by atoms with E-state index in [0.29, 0.717) is 42.2 Å². The second kappa shape index (κ2) is 9.81. The molecule has 0 spiro atoms. The minimum absolute atomic E-state index is 0.117. The highest BCUT2D eigenvalue weighted by molar-refractivity contribution is 7.99. The zero-order valence-electron chi connectivity index (χ0n) is 14.0. The zero-order chi connectivity index (χ0) is 18.1. The molecule has 1 aromatic carbocycles. The number of ether oxygens (including phenoxy) is 1. The van der Waals surface area contributed by atoms with E-state index in [9.17, 15) is 9.59 Å². The summed E-state index contributed by atoms with van der Waals surface area (Å²) in [6.45, 7) is 1.34. The lowest BCUT2D eigenvalue weighted by Crippen LogP contribution is -2.27. The van der Waals surface area contributed by atoms with Gasteiger partial charge in [0, 0.05) is 26.8 Å². The zero-order valence-corrected chi connectivity index (χ0v) is 14.8. The fraction of sp³-hybridized carbons (Fsp3) is 0.412. The number of nitriles is 1. The Bertz CT molecular complexity index is 829. The van der Waals surface area contributed by atoms with Crippen LogP contribution in [0.25, 0.3) is 10.9 Å². The number of thioether (sulfide) groups is 1. The van der Waals surface area contributed by atoms with Crippen LogP contribution < -0.4 is 10.9 Å². The Kier molecular flexibility index (Phi) is 7.44. The third-order valence-electron chi connectivity index (χ3n) is 3.45. The van der Waals surface area contributed by atoms with Crippen molar-refractivity contribution in [1.82, 2.24) is 14.9 Å². The van der Waals surface area contributed by atoms with E-state index in [2.05, 4.69) is 10.3 Å². The molecule has 1 amide bonds. The van der Waals surface area contributed by atoms with Crippen LogP contribution in [0.4, 0.5) is 0 Å². The van der Waals surface area contributed by atoms with Crippen LogP contribution in [0.1, 0.15) is 12.8 Å². The standard InChI is InChI=1S/C17H20N4O3S/c1-24-11-5-10-21-16(23)13-6-2-3-7-14(13)20-17(21)25-12-15(22)19-9-4-8-18/h2-3,6-7H,4-5,9-12H2,1H3,(H,19,22). The van der Waals surface area contributed by atoms with Gasteiger partial charge in [0.15, 0.2) is 5.16 Å². The molecule has 1 aromatic heterocycles. The summed E-state index contributed by atoms with van der Waals surface area (Å²) in [4.78, 5) is 29.1. The lowest BCUT2D eigenvalue weighted by atomic mass is 10.2. The van der Waals surface area contributed by atoms with E-state index in [1.807, 2.05) is 12.1 Å². The first-order valence-corrected chi connectivity index (χ1v) is 8.91. The molecule has 2 aromatic rings. The minimum Gasteiger partial charge on any atom is -0.385 e. The summed E-state index contributed by atoms with van der Waals surface area (Å²) in [5.74, 6) is -0.0494. The largest absolute Gasteiger partial charge is 0.385 e. The van der Waals surface area contributed by atoms with Crippen molar-refractivity contribution in [3.63, 3.8) is 0 Å². The van der Waals surface area contributed by atoms with Crippen LogP contribution in [0.3, 0.4) is 0 Å². The van der Waals surface area contributed by atoms with Crippen molar-refractivity contribution in [2.75, 3.05) is 26.0 Å². The Labute approximate surface area is 150 Å². The number of para-hydroxylation sites is 1. The SMILES string of the molecule is COCCCn1c(SCC(=O)NCCC#N)nc2ccccc2c1=O. The number of nitrogens with one attached hydrogen (secondary N) is 1. The lowest BCUT2D eigenvalue weighted by Gasteiger charge is -2.13. The van der Waals surface area contributed by atoms with Gasteiger partial charge in [-0.2, -0.15) is 5.26 Å². The lowest BCUT2D eigenvalue weighted by molar-refractivity contribution is -0.118. The Morgan fingerprint density at radius 2 is 2.24 bits per heavy atom. The molecule has 25 heavy (non-hydrogen) atoms. The molecule has 132 valence electrons. The van der Waals surface area contributed by atoms with Crippen LogP contribution in [0.2, 0.25) is 0 Å². The molecule has 0 saturated heterocycles. The number of methoxy groups -OCH3 is 1. The Morgan fingerprint density at radius 3 is 3.00 bits per heavy atom. The predicted octanol–water partition coefficient (Wildman–Crippen LogP) is 1.55. The number of aromatic nitrogens is 2. The van der Waals surface area contributed by atoms with Crippen molar-refractivity contribution >= 4 is 28.6 Å². The van der Waals surface area contributed by atoms with Gasteiger partial charge in [0.25, 0.3) is 5.56 Å². The highest BCUT2D eigenvalue weighted by Crippen LogP contribution is 2.18. The molecule has 1 heterocycles. The third kappa shape index (κ3) is 5.31. The van der Waals surface area contributed by atoms with E-state index in [-0.39, 0.29) is 23.6 Å². The molecule has 0 aliphatic rings. The number of amides is 1. The smallest absolute Gasteiger partial charge is 0.262 e. The summed E-state index contributed by atoms with van der Waals surface area (Å²) in [6.07, 6.45) is 0.949. The van der Waals surface area contributed by atoms with E-state index in [4.69, 9.17) is 10.00 Å². The van der Waals surface area contributed by atoms with Gasteiger partial charge in [-0.25, -0.2) is 4.98 Å². The van der Waals surface area contributed by atoms with Crippen LogP contribution >= 0.6 is 11.8 Å². The number of fused-ring (bicyclic) bond motifs is 1. The van der Waals surface area contributed by atoms with Crippen molar-refractivity contribution in [2.24, 2.45) is 0 Å². The molecule has 0 atom stereocenters. The second-order valence-electron chi connectivity index (χ2n) is 5.26. The predicted molar refractivity (Wildman–Crippen MR) is 96.5 cm³/mol. The molecule has 0 saturated carbocycles. The normalized spacial score (nSPS) is 10.6. The maximum absolute atomic E-state index is 12.7. The fourth-order valence-electron chi connectivity index (χ4n) is 2.26. The van der Waals surface area contributed by atoms with Gasteiger partial charge in [0.1, 0.15) is 0 Å². The van der Waals surface area contributed by atoms with Crippen molar-refractivity contribution in [3.8, 4) is 6.07 Å². The molecule has 1 N–H and O–H groups in total. The average Bonchev–Trinajstić information content (AvgIpc) is 2.62. The fourth-order valence-corrected chi connectivity index (χ4v) is 3.12. The summed E-state index contributed by atoms with van der Waals surface area (Å²) in [5, 5.41) is 12.2. The van der Waals surface area contributed by atoms with E-state index < -0.39 is 0 Å². The average molecular weight is 360 g/mol. The van der Waals surface area contributed by atoms with E-state index in [1.165, 1.54) is 11.8 Å². The van der Waals surface area contributed by atoms with E-state index in [0.717, 1.165) is 0 Å². The number of carbonyl (C=O) groups is 1. The quantitative estimate of drug-likeness (QED) is 0.414. The molecule has 0 radical (unpaired) electrons. The highest BCUT2D eigenvalue weighted by Gasteiger charge is 2.13. The molecule has 2 rings (SSSR count). The van der Waals surface area contributed by atoms with E-state index >= 15 is 0 Å². The number of hydrogen-bond acceptors (Lipinski definition) is 6. The monoisotopic (exact) mass is 360 g/mol. The summed E-state index contributed by atoms with van der Waals surface area (Å²) < 4.78 is 6.64. The van der Waals surface area contributed by atoms with Crippen molar-refractivity contribution in [3.05, 3.63) is 34.6 Å². The van der Waals surface area contributed by atoms with Gasteiger partial charge >= 0.3 is 0 Å². The summed E-state index contributed by atoms with van der Waals surface area (Å²) in [7, 11) is 1.61. The maximum atomic E-state index is 12.7. The first-order valence-electron chi connectivity index (χ1n) is 7.92. The number of carbonyl (C=O) groups excluding carboxylic acids is 1. The van der Waals surface area contributed by atoms with Crippen LogP contribution in [-0.2, 0) is 16.1 Å². The Hall–Kier alpha value is -2.37. The van der Waals surface area contributed by atoms with Gasteiger partial charge in [0.2, 0.25) is 5.91 Å². The van der Waals surface area contributed by atoms with Gasteiger partial charge in [-0.05, 0) is 18.6 Å². The Morgan fingerprint density at radius 1 is 1.44 bits per heavy atom. The van der Waals surface area contributed by atoms with Crippen LogP contribution in [0.15, 0.2) is 34.2 Å². The minimum atomic E-state index is -0.189. The molecule has 0 aliphatic carbocycles. The molecular weight excluding hydrogens is 340 g/mol. The first-order chi connectivity index (χ1) is 12.2. The summed E-state index contributed by atoms with van der Waals surface area (Å²) in [6, 6.07) is 9.14. The number of hydrogen-bond donors (Lipinski definition) is 1. The molecule has 0 unspecified atom stereocenters. The number of benzene rings is 1. The second-order valence-corrected chi connectivity index (χ2v) is 6.20. The Balaban J connectivity index is 2.20. The molecule has 0 aliphatic heterocycles. The summed E-state index contributed by atoms with van der Waals surface area (Å²) in [5.41, 5.74) is 0.497. The van der Waals surface area contributed by atoms with E-state index in [1.54, 1.807) is 29.9 Å². The molecule has 8 heteroatoms. The first kappa shape index (κ1) is 19.0. The molecular formula is C17H20N4O3S.